The Morgan fingerprint density at radius 3 is 2.59 bits per heavy atom. The fourth-order valence-corrected chi connectivity index (χ4v) is 5.61. The number of alkyl halides is 3. The summed E-state index contributed by atoms with van der Waals surface area (Å²) >= 11 is 0. The lowest BCUT2D eigenvalue weighted by Gasteiger charge is -2.36. The molecule has 3 heterocycles. The first-order valence-corrected chi connectivity index (χ1v) is 11.3. The largest absolute Gasteiger partial charge is 0.416 e. The molecule has 0 aliphatic carbocycles. The highest BCUT2D eigenvalue weighted by Crippen LogP contribution is 2.47. The number of nitrogens with zero attached hydrogens (tertiary/aromatic N) is 2. The molecule has 2 aromatic rings. The number of fused-ring (bicyclic) bond motifs is 1. The molecule has 10 heteroatoms. The Labute approximate surface area is 167 Å². The van der Waals surface area contributed by atoms with Crippen molar-refractivity contribution in [3.8, 4) is 0 Å². The molecule has 2 aliphatic rings. The number of H-pyrrole nitrogens is 1. The van der Waals surface area contributed by atoms with Crippen LogP contribution in [0.5, 0.6) is 0 Å². The number of likely N-dealkylation sites (tertiary alicyclic amines) is 1. The van der Waals surface area contributed by atoms with Gasteiger partial charge in [-0.15, -0.1) is 0 Å². The second kappa shape index (κ2) is 7.33. The number of amides is 1. The Bertz CT molecular complexity index is 921. The Hall–Kier alpha value is -2.04. The van der Waals surface area contributed by atoms with E-state index in [1.54, 1.807) is 11.0 Å². The van der Waals surface area contributed by atoms with E-state index >= 15 is 0 Å². The topological polar surface area (TPSA) is 89.5 Å². The molecule has 0 saturated carbocycles. The molecule has 3 N–H and O–H groups in total. The number of aromatic amines is 1. The molecule has 1 amide bonds. The average molecular weight is 429 g/mol. The molecule has 0 radical (unpaired) electrons. The Kier molecular flexibility index (Phi) is 5.12. The van der Waals surface area contributed by atoms with Gasteiger partial charge in [0, 0.05) is 36.5 Å². The minimum absolute atomic E-state index is 0.00926. The molecular formula is C19H22F3N3O3S. The van der Waals surface area contributed by atoms with Gasteiger partial charge in [-0.25, -0.2) is 0 Å². The predicted molar refractivity (Wildman–Crippen MR) is 103 cm³/mol. The van der Waals surface area contributed by atoms with Gasteiger partial charge in [-0.2, -0.15) is 28.9 Å². The highest BCUT2D eigenvalue weighted by atomic mass is 32.3. The van der Waals surface area contributed by atoms with Gasteiger partial charge in [-0.3, -0.25) is 19.0 Å². The van der Waals surface area contributed by atoms with Crippen molar-refractivity contribution in [2.45, 2.75) is 37.1 Å². The van der Waals surface area contributed by atoms with E-state index < -0.39 is 22.3 Å². The third-order valence-corrected chi connectivity index (χ3v) is 7.31. The lowest BCUT2D eigenvalue weighted by molar-refractivity contribution is -0.138. The van der Waals surface area contributed by atoms with E-state index in [4.69, 9.17) is 0 Å². The number of hydrogen-bond acceptors (Lipinski definition) is 4. The normalized spacial score (nSPS) is 20.9. The number of benzene rings is 1. The maximum Gasteiger partial charge on any atom is 0.416 e. The summed E-state index contributed by atoms with van der Waals surface area (Å²) in [6, 6.07) is 5.60. The quantitative estimate of drug-likeness (QED) is 0.666. The van der Waals surface area contributed by atoms with E-state index in [0.717, 1.165) is 11.8 Å². The van der Waals surface area contributed by atoms with E-state index in [0.29, 0.717) is 37.9 Å². The predicted octanol–water partition coefficient (Wildman–Crippen LogP) is 4.26. The second-order valence-corrected chi connectivity index (χ2v) is 9.88. The maximum absolute atomic E-state index is 13.3. The van der Waals surface area contributed by atoms with Crippen molar-refractivity contribution >= 4 is 16.5 Å². The molecule has 0 unspecified atom stereocenters. The van der Waals surface area contributed by atoms with E-state index in [1.165, 1.54) is 12.1 Å². The van der Waals surface area contributed by atoms with Gasteiger partial charge in [0.05, 0.1) is 11.3 Å². The molecule has 1 saturated heterocycles. The van der Waals surface area contributed by atoms with Crippen molar-refractivity contribution in [2.75, 3.05) is 18.8 Å². The number of halogens is 3. The Morgan fingerprint density at radius 1 is 1.21 bits per heavy atom. The van der Waals surface area contributed by atoms with Gasteiger partial charge in [-0.1, -0.05) is 18.2 Å². The Morgan fingerprint density at radius 2 is 1.90 bits per heavy atom. The van der Waals surface area contributed by atoms with Crippen LogP contribution < -0.4 is 0 Å². The standard InChI is InChI=1S/C19H22F3N3O3S/c20-19(21,22)15-4-2-1-3-13(15)12-5-8-25(9-6-12)18(26)17-14-11-29(27,28)10-7-16(14)23-24-17/h1-4,12,27-28H,5-11H2,(H,23,24). The smallest absolute Gasteiger partial charge is 0.337 e. The molecule has 0 spiro atoms. The number of piperidine rings is 1. The maximum atomic E-state index is 13.3. The number of carbonyl (C=O) groups excluding carboxylic acids is 1. The van der Waals surface area contributed by atoms with E-state index in [9.17, 15) is 27.1 Å². The van der Waals surface area contributed by atoms with Gasteiger partial charge in [0.2, 0.25) is 0 Å². The van der Waals surface area contributed by atoms with Gasteiger partial charge in [-0.05, 0) is 30.4 Å². The van der Waals surface area contributed by atoms with Crippen LogP contribution in [0.3, 0.4) is 0 Å². The van der Waals surface area contributed by atoms with Gasteiger partial charge in [0.15, 0.2) is 5.69 Å². The molecule has 1 fully saturated rings. The van der Waals surface area contributed by atoms with E-state index in [1.807, 2.05) is 0 Å². The van der Waals surface area contributed by atoms with Crippen LogP contribution in [0.1, 0.15) is 51.6 Å². The summed E-state index contributed by atoms with van der Waals surface area (Å²) in [4.78, 5) is 14.5. The number of nitrogens with one attached hydrogen (secondary N) is 1. The van der Waals surface area contributed by atoms with Crippen LogP contribution in [0.15, 0.2) is 24.3 Å². The third kappa shape index (κ3) is 4.01. The summed E-state index contributed by atoms with van der Waals surface area (Å²) in [7, 11) is -2.75. The van der Waals surface area contributed by atoms with Gasteiger partial charge in [0.25, 0.3) is 5.91 Å². The summed E-state index contributed by atoms with van der Waals surface area (Å²) in [5.41, 5.74) is 1.14. The first-order chi connectivity index (χ1) is 13.7. The second-order valence-electron chi connectivity index (χ2n) is 7.58. The van der Waals surface area contributed by atoms with Crippen LogP contribution in [-0.2, 0) is 18.3 Å². The zero-order valence-electron chi connectivity index (χ0n) is 15.6. The van der Waals surface area contributed by atoms with Crippen LogP contribution in [0.25, 0.3) is 0 Å². The number of carbonyl (C=O) groups is 1. The summed E-state index contributed by atoms with van der Waals surface area (Å²) in [6.07, 6.45) is -3.11. The van der Waals surface area contributed by atoms with Crippen LogP contribution in [0, 0.1) is 0 Å². The minimum Gasteiger partial charge on any atom is -0.337 e. The molecule has 0 bridgehead atoms. The first-order valence-electron chi connectivity index (χ1n) is 9.41. The summed E-state index contributed by atoms with van der Waals surface area (Å²) in [5.74, 6) is -0.325. The zero-order valence-corrected chi connectivity index (χ0v) is 16.4. The molecule has 1 aromatic carbocycles. The molecular weight excluding hydrogens is 407 g/mol. The average Bonchev–Trinajstić information content (AvgIpc) is 3.08. The van der Waals surface area contributed by atoms with Gasteiger partial charge < -0.3 is 4.90 Å². The van der Waals surface area contributed by atoms with Crippen LogP contribution >= 0.6 is 10.6 Å². The summed E-state index contributed by atoms with van der Waals surface area (Å²) in [6.45, 7) is 0.654. The fourth-order valence-electron chi connectivity index (χ4n) is 4.16. The van der Waals surface area contributed by atoms with Crippen LogP contribution in [0.2, 0.25) is 0 Å². The zero-order chi connectivity index (χ0) is 20.8. The SMILES string of the molecule is O=C(c1n[nH]c2c1CS(O)(O)CC2)N1CCC(c2ccccc2C(F)(F)F)CC1. The van der Waals surface area contributed by atoms with E-state index in [-0.39, 0.29) is 34.6 Å². The van der Waals surface area contributed by atoms with Gasteiger partial charge in [0.1, 0.15) is 0 Å². The number of aryl methyl sites for hydroxylation is 1. The Balaban J connectivity index is 1.48. The molecule has 2 aliphatic heterocycles. The molecule has 0 atom stereocenters. The molecule has 29 heavy (non-hydrogen) atoms. The van der Waals surface area contributed by atoms with Crippen molar-refractivity contribution in [1.82, 2.24) is 15.1 Å². The molecule has 1 aromatic heterocycles. The van der Waals surface area contributed by atoms with Crippen molar-refractivity contribution in [2.24, 2.45) is 0 Å². The minimum atomic E-state index is -4.40. The molecule has 158 valence electrons. The molecule has 6 nitrogen and oxygen atoms in total. The van der Waals surface area contributed by atoms with Crippen LogP contribution in [-0.4, -0.2) is 49.0 Å². The van der Waals surface area contributed by atoms with Crippen molar-refractivity contribution in [3.63, 3.8) is 0 Å². The van der Waals surface area contributed by atoms with Crippen molar-refractivity contribution in [3.05, 3.63) is 52.3 Å². The first kappa shape index (κ1) is 20.2. The highest BCUT2D eigenvalue weighted by Gasteiger charge is 2.37. The van der Waals surface area contributed by atoms with Crippen molar-refractivity contribution in [1.29, 1.82) is 0 Å². The van der Waals surface area contributed by atoms with Crippen molar-refractivity contribution < 1.29 is 27.1 Å². The lowest BCUT2D eigenvalue weighted by Crippen LogP contribution is -2.39. The number of rotatable bonds is 2. The monoisotopic (exact) mass is 429 g/mol. The number of aromatic nitrogens is 2. The summed E-state index contributed by atoms with van der Waals surface area (Å²) in [5, 5.41) is 6.90. The number of hydrogen-bond donors (Lipinski definition) is 3. The molecule has 4 rings (SSSR count). The third-order valence-electron chi connectivity index (χ3n) is 5.70. The summed E-state index contributed by atoms with van der Waals surface area (Å²) < 4.78 is 59.9. The van der Waals surface area contributed by atoms with E-state index in [2.05, 4.69) is 10.2 Å². The van der Waals surface area contributed by atoms with Crippen LogP contribution in [0.4, 0.5) is 13.2 Å². The fraction of sp³-hybridized carbons (Fsp3) is 0.474. The lowest BCUT2D eigenvalue weighted by atomic mass is 9.86. The van der Waals surface area contributed by atoms with Gasteiger partial charge >= 0.3 is 6.18 Å². The highest BCUT2D eigenvalue weighted by molar-refractivity contribution is 8.23.